The number of fused-ring (bicyclic) bond motifs is 2. The van der Waals surface area contributed by atoms with Gasteiger partial charge in [0.25, 0.3) is 5.69 Å². The fourth-order valence-electron chi connectivity index (χ4n) is 2.52. The third-order valence-corrected chi connectivity index (χ3v) is 3.41. The summed E-state index contributed by atoms with van der Waals surface area (Å²) >= 11 is 0. The Kier molecular flexibility index (Phi) is 2.11. The number of aryl methyl sites for hydroxylation is 1. The quantitative estimate of drug-likeness (QED) is 0.603. The van der Waals surface area contributed by atoms with Crippen LogP contribution in [0.2, 0.25) is 0 Å². The highest BCUT2D eigenvalue weighted by molar-refractivity contribution is 5.76. The maximum atomic E-state index is 12.3. The maximum absolute atomic E-state index is 12.3. The van der Waals surface area contributed by atoms with Gasteiger partial charge < -0.3 is 4.57 Å². The molecule has 0 unspecified atom stereocenters. The second-order valence-corrected chi connectivity index (χ2v) is 4.39. The van der Waals surface area contributed by atoms with Gasteiger partial charge in [0, 0.05) is 19.9 Å². The molecule has 86 valence electrons. The van der Waals surface area contributed by atoms with Crippen molar-refractivity contribution < 1.29 is 4.57 Å². The molecule has 0 radical (unpaired) electrons. The average Bonchev–Trinajstić information content (AvgIpc) is 2.82. The van der Waals surface area contributed by atoms with E-state index in [-0.39, 0.29) is 11.1 Å². The number of hydrogen-bond acceptors (Lipinski definition) is 2. The number of rotatable bonds is 0. The molecule has 0 amide bonds. The molecule has 0 fully saturated rings. The predicted octanol–water partition coefficient (Wildman–Crippen LogP) is 0.132. The highest BCUT2D eigenvalue weighted by Crippen LogP contribution is 2.06. The van der Waals surface area contributed by atoms with Gasteiger partial charge in [-0.2, -0.15) is 4.57 Å². The second kappa shape index (κ2) is 3.52. The van der Waals surface area contributed by atoms with Gasteiger partial charge >= 0.3 is 11.1 Å². The van der Waals surface area contributed by atoms with Crippen LogP contribution in [0.1, 0.15) is 12.1 Å². The summed E-state index contributed by atoms with van der Waals surface area (Å²) in [6, 6.07) is 7.27. The Bertz CT molecular complexity index is 732. The van der Waals surface area contributed by atoms with E-state index in [2.05, 4.69) is 0 Å². The van der Waals surface area contributed by atoms with E-state index in [1.807, 2.05) is 18.2 Å². The lowest BCUT2D eigenvalue weighted by atomic mass is 10.2. The van der Waals surface area contributed by atoms with E-state index in [1.165, 1.54) is 0 Å². The second-order valence-electron chi connectivity index (χ2n) is 4.39. The Morgan fingerprint density at radius 2 is 2.00 bits per heavy atom. The molecule has 4 nitrogen and oxygen atoms in total. The zero-order valence-electron chi connectivity index (χ0n) is 9.64. The molecule has 3 rings (SSSR count). The largest absolute Gasteiger partial charge is 0.421 e. The lowest BCUT2D eigenvalue weighted by molar-refractivity contribution is -0.703. The summed E-state index contributed by atoms with van der Waals surface area (Å²) in [6.07, 6.45) is 1.58. The first-order valence-electron chi connectivity index (χ1n) is 5.75. The molecule has 0 bridgehead atoms. The van der Waals surface area contributed by atoms with Gasteiger partial charge in [-0.05, 0) is 12.1 Å². The third kappa shape index (κ3) is 1.33. The molecule has 0 atom stereocenters. The first-order valence-corrected chi connectivity index (χ1v) is 5.75. The molecule has 2 aromatic rings. The zero-order chi connectivity index (χ0) is 12.0. The fourth-order valence-corrected chi connectivity index (χ4v) is 2.52. The number of benzene rings is 1. The highest BCUT2D eigenvalue weighted by atomic mass is 16.1. The van der Waals surface area contributed by atoms with Crippen LogP contribution in [0.25, 0.3) is 10.9 Å². The number of para-hydroxylation sites is 1. The van der Waals surface area contributed by atoms with Crippen molar-refractivity contribution in [1.29, 1.82) is 0 Å². The monoisotopic (exact) mass is 229 g/mol. The predicted molar refractivity (Wildman–Crippen MR) is 64.0 cm³/mol. The molecular formula is C13H13N2O2+. The zero-order valence-corrected chi connectivity index (χ0v) is 9.64. The smallest absolute Gasteiger partial charge is 0.306 e. The first-order chi connectivity index (χ1) is 8.20. The van der Waals surface area contributed by atoms with Gasteiger partial charge in [0.15, 0.2) is 6.54 Å². The van der Waals surface area contributed by atoms with Gasteiger partial charge in [-0.15, -0.1) is 0 Å². The molecule has 1 aliphatic heterocycles. The Balaban J connectivity index is 2.69. The fraction of sp³-hybridized carbons (Fsp3) is 0.308. The van der Waals surface area contributed by atoms with Gasteiger partial charge in [-0.25, -0.2) is 4.79 Å². The molecule has 1 aromatic heterocycles. The average molecular weight is 229 g/mol. The van der Waals surface area contributed by atoms with E-state index in [0.29, 0.717) is 29.6 Å². The van der Waals surface area contributed by atoms with Gasteiger partial charge in [-0.1, -0.05) is 12.1 Å². The van der Waals surface area contributed by atoms with Crippen molar-refractivity contribution in [2.75, 3.05) is 0 Å². The summed E-state index contributed by atoms with van der Waals surface area (Å²) in [4.78, 5) is 24.6. The van der Waals surface area contributed by atoms with Gasteiger partial charge in [0.1, 0.15) is 5.39 Å². The van der Waals surface area contributed by atoms with Crippen molar-refractivity contribution in [1.82, 2.24) is 4.57 Å². The van der Waals surface area contributed by atoms with E-state index in [9.17, 15) is 9.59 Å². The van der Waals surface area contributed by atoms with Crippen molar-refractivity contribution in [3.05, 3.63) is 50.7 Å². The standard InChI is InChI=1S/C13H13N2O2/c1-14-10-6-3-2-5-9(10)12(16)15-8-4-7-11(15)13(14)17/h2-3,5-6H,4,7-8H2,1H3/q+1. The summed E-state index contributed by atoms with van der Waals surface area (Å²) in [5.41, 5.74) is 1.23. The molecule has 17 heavy (non-hydrogen) atoms. The minimum Gasteiger partial charge on any atom is -0.306 e. The van der Waals surface area contributed by atoms with E-state index in [4.69, 9.17) is 0 Å². The summed E-state index contributed by atoms with van der Waals surface area (Å²) < 4.78 is 3.21. The van der Waals surface area contributed by atoms with Crippen LogP contribution in [-0.2, 0) is 20.0 Å². The molecule has 0 spiro atoms. The highest BCUT2D eigenvalue weighted by Gasteiger charge is 2.27. The molecule has 1 aliphatic rings. The van der Waals surface area contributed by atoms with Crippen molar-refractivity contribution in [2.45, 2.75) is 19.4 Å². The molecule has 0 saturated carbocycles. The summed E-state index contributed by atoms with van der Waals surface area (Å²) in [5.74, 6) is 0. The van der Waals surface area contributed by atoms with E-state index >= 15 is 0 Å². The van der Waals surface area contributed by atoms with Crippen molar-refractivity contribution in [2.24, 2.45) is 7.05 Å². The van der Waals surface area contributed by atoms with Crippen LogP contribution < -0.4 is 15.7 Å². The topological polar surface area (TPSA) is 43.0 Å². The minimum absolute atomic E-state index is 0.0502. The molecular weight excluding hydrogens is 216 g/mol. The third-order valence-electron chi connectivity index (χ3n) is 3.41. The summed E-state index contributed by atoms with van der Waals surface area (Å²) in [5, 5.41) is 0.611. The van der Waals surface area contributed by atoms with Crippen LogP contribution in [0.4, 0.5) is 0 Å². The van der Waals surface area contributed by atoms with Crippen LogP contribution in [-0.4, -0.2) is 4.57 Å². The van der Waals surface area contributed by atoms with Gasteiger partial charge in [-0.3, -0.25) is 4.79 Å². The van der Waals surface area contributed by atoms with E-state index < -0.39 is 0 Å². The molecule has 4 heteroatoms. The van der Waals surface area contributed by atoms with Crippen LogP contribution in [0.3, 0.4) is 0 Å². The van der Waals surface area contributed by atoms with Gasteiger partial charge in [0.2, 0.25) is 0 Å². The van der Waals surface area contributed by atoms with Crippen LogP contribution in [0, 0.1) is 0 Å². The lowest BCUT2D eigenvalue weighted by Crippen LogP contribution is -2.50. The van der Waals surface area contributed by atoms with Crippen molar-refractivity contribution in [3.8, 4) is 0 Å². The van der Waals surface area contributed by atoms with Crippen LogP contribution in [0.15, 0.2) is 33.9 Å². The molecule has 1 aromatic carbocycles. The minimum atomic E-state index is -0.0548. The summed E-state index contributed by atoms with van der Waals surface area (Å²) in [7, 11) is 1.73. The Hall–Kier alpha value is -1.97. The van der Waals surface area contributed by atoms with Crippen LogP contribution in [0.5, 0.6) is 0 Å². The van der Waals surface area contributed by atoms with Crippen LogP contribution >= 0.6 is 0 Å². The maximum Gasteiger partial charge on any atom is 0.421 e. The molecule has 0 saturated heterocycles. The normalized spacial score (nSPS) is 13.9. The van der Waals surface area contributed by atoms with Crippen molar-refractivity contribution >= 4 is 10.9 Å². The Labute approximate surface area is 97.8 Å². The molecule has 0 aliphatic carbocycles. The molecule has 2 heterocycles. The van der Waals surface area contributed by atoms with Gasteiger partial charge in [0.05, 0.1) is 5.52 Å². The molecule has 0 N–H and O–H groups in total. The number of hydrogen-bond donors (Lipinski definition) is 0. The SMILES string of the molecule is Cn1c(=O)c2[n+](c(=O)c3ccccc31)CCC2. The van der Waals surface area contributed by atoms with Crippen molar-refractivity contribution in [3.63, 3.8) is 0 Å². The Morgan fingerprint density at radius 1 is 1.24 bits per heavy atom. The number of nitrogens with zero attached hydrogens (tertiary/aromatic N) is 2. The number of aromatic nitrogens is 2. The van der Waals surface area contributed by atoms with E-state index in [0.717, 1.165) is 6.42 Å². The lowest BCUT2D eigenvalue weighted by Gasteiger charge is -1.95. The Morgan fingerprint density at radius 3 is 2.82 bits per heavy atom. The summed E-state index contributed by atoms with van der Waals surface area (Å²) in [6.45, 7) is 0.655. The first kappa shape index (κ1) is 10.2. The van der Waals surface area contributed by atoms with E-state index in [1.54, 1.807) is 22.2 Å².